The highest BCUT2D eigenvalue weighted by Gasteiger charge is 2.29. The van der Waals surface area contributed by atoms with Gasteiger partial charge in [-0.1, -0.05) is 18.2 Å². The molecular formula is C22H27N3O5S2. The highest BCUT2D eigenvalue weighted by atomic mass is 32.2. The lowest BCUT2D eigenvalue weighted by atomic mass is 10.1. The van der Waals surface area contributed by atoms with Gasteiger partial charge in [-0.2, -0.15) is 0 Å². The third kappa shape index (κ3) is 6.41. The van der Waals surface area contributed by atoms with E-state index in [-0.39, 0.29) is 22.1 Å². The number of carbonyl (C=O) groups excluding carboxylic acids is 2. The zero-order valence-corrected chi connectivity index (χ0v) is 19.6. The van der Waals surface area contributed by atoms with Crippen LogP contribution in [-0.2, 0) is 19.6 Å². The molecule has 0 spiro atoms. The molecule has 1 unspecified atom stereocenters. The summed E-state index contributed by atoms with van der Waals surface area (Å²) in [7, 11) is -1.94. The molecule has 2 heterocycles. The number of thiophene rings is 1. The molecule has 1 aliphatic rings. The van der Waals surface area contributed by atoms with Crippen molar-refractivity contribution in [2.45, 2.75) is 36.1 Å². The Morgan fingerprint density at radius 2 is 1.88 bits per heavy atom. The van der Waals surface area contributed by atoms with Gasteiger partial charge < -0.3 is 15.0 Å². The van der Waals surface area contributed by atoms with Gasteiger partial charge in [0.15, 0.2) is 0 Å². The lowest BCUT2D eigenvalue weighted by molar-refractivity contribution is -0.136. The van der Waals surface area contributed by atoms with Crippen molar-refractivity contribution in [2.75, 3.05) is 20.2 Å². The smallest absolute Gasteiger partial charge is 0.250 e. The number of benzene rings is 1. The van der Waals surface area contributed by atoms with E-state index in [0.29, 0.717) is 25.9 Å². The second-order valence-electron chi connectivity index (χ2n) is 7.49. The van der Waals surface area contributed by atoms with E-state index in [0.717, 1.165) is 11.3 Å². The molecule has 1 atom stereocenters. The SMILES string of the molecule is COc1ccc(/C=C/C(=O)NC(C)C(=O)N2CCC(NS(=O)(=O)c3cccs3)CC2)cc1. The first-order valence-electron chi connectivity index (χ1n) is 10.3. The molecule has 0 radical (unpaired) electrons. The molecule has 1 saturated heterocycles. The first kappa shape index (κ1) is 24.0. The Labute approximate surface area is 192 Å². The Kier molecular flexibility index (Phi) is 8.05. The maximum atomic E-state index is 12.7. The maximum absolute atomic E-state index is 12.7. The van der Waals surface area contributed by atoms with Gasteiger partial charge in [0.2, 0.25) is 21.8 Å². The van der Waals surface area contributed by atoms with Crippen LogP contribution >= 0.6 is 11.3 Å². The van der Waals surface area contributed by atoms with Crippen LogP contribution in [0.5, 0.6) is 5.75 Å². The topological polar surface area (TPSA) is 105 Å². The van der Waals surface area contributed by atoms with Crippen LogP contribution in [0.2, 0.25) is 0 Å². The van der Waals surface area contributed by atoms with Crippen molar-refractivity contribution in [3.8, 4) is 5.75 Å². The van der Waals surface area contributed by atoms with Gasteiger partial charge in [-0.25, -0.2) is 13.1 Å². The highest BCUT2D eigenvalue weighted by Crippen LogP contribution is 2.19. The number of sulfonamides is 1. The third-order valence-corrected chi connectivity index (χ3v) is 8.08. The molecule has 1 aliphatic heterocycles. The molecule has 2 amide bonds. The summed E-state index contributed by atoms with van der Waals surface area (Å²) in [6.07, 6.45) is 4.09. The van der Waals surface area contributed by atoms with Gasteiger partial charge >= 0.3 is 0 Å². The normalized spacial score (nSPS) is 16.1. The van der Waals surface area contributed by atoms with Crippen LogP contribution in [0.15, 0.2) is 52.1 Å². The Morgan fingerprint density at radius 1 is 1.19 bits per heavy atom. The van der Waals surface area contributed by atoms with Gasteiger partial charge in [-0.05, 0) is 55.0 Å². The Balaban J connectivity index is 1.45. The number of rotatable bonds is 8. The molecular weight excluding hydrogens is 450 g/mol. The minimum Gasteiger partial charge on any atom is -0.497 e. The Bertz CT molecular complexity index is 1040. The predicted molar refractivity (Wildman–Crippen MR) is 124 cm³/mol. The number of ether oxygens (including phenoxy) is 1. The van der Waals surface area contributed by atoms with E-state index in [1.54, 1.807) is 54.7 Å². The summed E-state index contributed by atoms with van der Waals surface area (Å²) in [6, 6.07) is 9.62. The van der Waals surface area contributed by atoms with E-state index < -0.39 is 16.1 Å². The number of nitrogens with zero attached hydrogens (tertiary/aromatic N) is 1. The summed E-state index contributed by atoms with van der Waals surface area (Å²) in [5, 5.41) is 4.41. The van der Waals surface area contributed by atoms with Gasteiger partial charge in [-0.15, -0.1) is 11.3 Å². The van der Waals surface area contributed by atoms with Gasteiger partial charge in [0, 0.05) is 25.2 Å². The minimum absolute atomic E-state index is 0.184. The quantitative estimate of drug-likeness (QED) is 0.568. The lowest BCUT2D eigenvalue weighted by Gasteiger charge is -2.33. The van der Waals surface area contributed by atoms with Crippen LogP contribution in [0.4, 0.5) is 0 Å². The lowest BCUT2D eigenvalue weighted by Crippen LogP contribution is -2.51. The van der Waals surface area contributed by atoms with Crippen molar-refractivity contribution in [1.82, 2.24) is 14.9 Å². The van der Waals surface area contributed by atoms with Crippen LogP contribution < -0.4 is 14.8 Å². The number of piperidine rings is 1. The fourth-order valence-electron chi connectivity index (χ4n) is 3.40. The number of methoxy groups -OCH3 is 1. The summed E-state index contributed by atoms with van der Waals surface area (Å²) in [5.41, 5.74) is 0.840. The zero-order chi connectivity index (χ0) is 23.1. The summed E-state index contributed by atoms with van der Waals surface area (Å²) < 4.78 is 32.8. The average molecular weight is 478 g/mol. The van der Waals surface area contributed by atoms with Gasteiger partial charge in [0.1, 0.15) is 16.0 Å². The highest BCUT2D eigenvalue weighted by molar-refractivity contribution is 7.91. The molecule has 172 valence electrons. The van der Waals surface area contributed by atoms with E-state index in [1.807, 2.05) is 12.1 Å². The molecule has 1 aromatic heterocycles. The van der Waals surface area contributed by atoms with E-state index >= 15 is 0 Å². The van der Waals surface area contributed by atoms with E-state index in [4.69, 9.17) is 4.74 Å². The van der Waals surface area contributed by atoms with Crippen molar-refractivity contribution in [3.63, 3.8) is 0 Å². The fourth-order valence-corrected chi connectivity index (χ4v) is 5.71. The second-order valence-corrected chi connectivity index (χ2v) is 10.4. The van der Waals surface area contributed by atoms with Gasteiger partial charge in [0.25, 0.3) is 0 Å². The molecule has 2 N–H and O–H groups in total. The molecule has 2 aromatic rings. The molecule has 32 heavy (non-hydrogen) atoms. The molecule has 0 aliphatic carbocycles. The molecule has 0 bridgehead atoms. The number of carbonyl (C=O) groups is 2. The molecule has 8 nitrogen and oxygen atoms in total. The maximum Gasteiger partial charge on any atom is 0.250 e. The molecule has 0 saturated carbocycles. The van der Waals surface area contributed by atoms with Crippen molar-refractivity contribution < 1.29 is 22.7 Å². The predicted octanol–water partition coefficient (Wildman–Crippen LogP) is 2.24. The fraction of sp³-hybridized carbons (Fsp3) is 0.364. The standard InChI is InChI=1S/C22H27N3O5S2/c1-16(23-20(26)10-7-17-5-8-19(30-2)9-6-17)22(27)25-13-11-18(12-14-25)24-32(28,29)21-4-3-15-31-21/h3-10,15-16,18,24H,11-14H2,1-2H3,(H,23,26)/b10-7+. The van der Waals surface area contributed by atoms with E-state index in [9.17, 15) is 18.0 Å². The van der Waals surface area contributed by atoms with Crippen LogP contribution in [0.25, 0.3) is 6.08 Å². The van der Waals surface area contributed by atoms with Crippen molar-refractivity contribution in [1.29, 1.82) is 0 Å². The molecule has 3 rings (SSSR count). The van der Waals surface area contributed by atoms with E-state index in [1.165, 1.54) is 17.4 Å². The first-order valence-corrected chi connectivity index (χ1v) is 12.6. The van der Waals surface area contributed by atoms with E-state index in [2.05, 4.69) is 10.0 Å². The third-order valence-electron chi connectivity index (χ3n) is 5.16. The summed E-state index contributed by atoms with van der Waals surface area (Å²) in [5.74, 6) is 0.185. The minimum atomic E-state index is -3.53. The van der Waals surface area contributed by atoms with Crippen molar-refractivity contribution >= 4 is 39.3 Å². The van der Waals surface area contributed by atoms with Crippen LogP contribution in [-0.4, -0.2) is 57.4 Å². The van der Waals surface area contributed by atoms with Crippen LogP contribution in [0, 0.1) is 0 Å². The zero-order valence-electron chi connectivity index (χ0n) is 18.0. The molecule has 1 fully saturated rings. The van der Waals surface area contributed by atoms with Crippen LogP contribution in [0.1, 0.15) is 25.3 Å². The first-order chi connectivity index (χ1) is 15.3. The van der Waals surface area contributed by atoms with Gasteiger partial charge in [-0.3, -0.25) is 9.59 Å². The molecule has 1 aromatic carbocycles. The monoisotopic (exact) mass is 477 g/mol. The Hall–Kier alpha value is -2.69. The number of amides is 2. The summed E-state index contributed by atoms with van der Waals surface area (Å²) in [4.78, 5) is 26.5. The summed E-state index contributed by atoms with van der Waals surface area (Å²) in [6.45, 7) is 2.50. The number of likely N-dealkylation sites (tertiary alicyclic amines) is 1. The van der Waals surface area contributed by atoms with Crippen molar-refractivity contribution in [2.24, 2.45) is 0 Å². The number of nitrogens with one attached hydrogen (secondary N) is 2. The average Bonchev–Trinajstić information content (AvgIpc) is 3.34. The Morgan fingerprint density at radius 3 is 2.47 bits per heavy atom. The van der Waals surface area contributed by atoms with Gasteiger partial charge in [0.05, 0.1) is 7.11 Å². The van der Waals surface area contributed by atoms with Crippen molar-refractivity contribution in [3.05, 3.63) is 53.4 Å². The summed E-state index contributed by atoms with van der Waals surface area (Å²) >= 11 is 1.17. The second kappa shape index (κ2) is 10.8. The number of hydrogen-bond donors (Lipinski definition) is 2. The number of hydrogen-bond acceptors (Lipinski definition) is 6. The molecule has 10 heteroatoms. The van der Waals surface area contributed by atoms with Crippen LogP contribution in [0.3, 0.4) is 0 Å². The largest absolute Gasteiger partial charge is 0.497 e.